The van der Waals surface area contributed by atoms with E-state index in [2.05, 4.69) is 10.3 Å². The molecule has 0 saturated heterocycles. The molecule has 5 nitrogen and oxygen atoms in total. The van der Waals surface area contributed by atoms with Crippen molar-refractivity contribution in [2.75, 3.05) is 0 Å². The van der Waals surface area contributed by atoms with Crippen molar-refractivity contribution in [1.29, 1.82) is 0 Å². The van der Waals surface area contributed by atoms with E-state index in [0.29, 0.717) is 18.4 Å². The van der Waals surface area contributed by atoms with E-state index in [1.54, 1.807) is 13.0 Å². The van der Waals surface area contributed by atoms with Gasteiger partial charge in [0.15, 0.2) is 0 Å². The summed E-state index contributed by atoms with van der Waals surface area (Å²) in [6, 6.07) is 2.66. The molecule has 2 atom stereocenters. The molecule has 108 valence electrons. The third-order valence-electron chi connectivity index (χ3n) is 3.99. The van der Waals surface area contributed by atoms with E-state index in [1.165, 1.54) is 12.3 Å². The monoisotopic (exact) mass is 296 g/mol. The van der Waals surface area contributed by atoms with Gasteiger partial charge >= 0.3 is 5.97 Å². The highest BCUT2D eigenvalue weighted by Gasteiger charge is 2.43. The topological polar surface area (TPSA) is 79.3 Å². The molecular formula is C14H17ClN2O3. The minimum absolute atomic E-state index is 0.238. The molecule has 2 unspecified atom stereocenters. The molecule has 0 aliphatic heterocycles. The third-order valence-corrected chi connectivity index (χ3v) is 4.20. The van der Waals surface area contributed by atoms with Gasteiger partial charge in [-0.1, -0.05) is 24.4 Å². The molecule has 1 heterocycles. The normalized spacial score (nSPS) is 26.0. The molecule has 1 fully saturated rings. The zero-order valence-electron chi connectivity index (χ0n) is 11.2. The Morgan fingerprint density at radius 3 is 2.90 bits per heavy atom. The van der Waals surface area contributed by atoms with E-state index in [0.717, 1.165) is 12.8 Å². The molecular weight excluding hydrogens is 280 g/mol. The number of aliphatic carboxylic acids is 1. The van der Waals surface area contributed by atoms with Crippen molar-refractivity contribution in [1.82, 2.24) is 10.3 Å². The maximum atomic E-state index is 12.2. The van der Waals surface area contributed by atoms with Crippen molar-refractivity contribution in [2.45, 2.75) is 38.6 Å². The van der Waals surface area contributed by atoms with Crippen molar-refractivity contribution >= 4 is 23.5 Å². The van der Waals surface area contributed by atoms with Crippen LogP contribution in [0.25, 0.3) is 0 Å². The summed E-state index contributed by atoms with van der Waals surface area (Å²) in [6.07, 6.45) is 4.49. The zero-order chi connectivity index (χ0) is 14.8. The van der Waals surface area contributed by atoms with Crippen LogP contribution in [0.3, 0.4) is 0 Å². The van der Waals surface area contributed by atoms with Crippen LogP contribution in [0, 0.1) is 5.41 Å². The Hall–Kier alpha value is -1.62. The van der Waals surface area contributed by atoms with Crippen LogP contribution >= 0.6 is 11.6 Å². The van der Waals surface area contributed by atoms with Gasteiger partial charge in [0.05, 0.1) is 5.41 Å². The quantitative estimate of drug-likeness (QED) is 0.840. The van der Waals surface area contributed by atoms with Crippen molar-refractivity contribution in [3.63, 3.8) is 0 Å². The van der Waals surface area contributed by atoms with Gasteiger partial charge in [-0.25, -0.2) is 4.98 Å². The minimum atomic E-state index is -0.912. The third kappa shape index (κ3) is 2.93. The Kier molecular flexibility index (Phi) is 4.28. The lowest BCUT2D eigenvalue weighted by atomic mass is 9.71. The first-order chi connectivity index (χ1) is 9.43. The molecule has 1 aliphatic carbocycles. The Labute approximate surface area is 122 Å². The zero-order valence-corrected chi connectivity index (χ0v) is 12.0. The molecule has 20 heavy (non-hydrogen) atoms. The van der Waals surface area contributed by atoms with Crippen LogP contribution in [-0.4, -0.2) is 28.0 Å². The molecule has 1 aliphatic rings. The summed E-state index contributed by atoms with van der Waals surface area (Å²) in [6.45, 7) is 1.69. The first kappa shape index (κ1) is 14.8. The second-order valence-electron chi connectivity index (χ2n) is 5.36. The number of nitrogens with one attached hydrogen (secondary N) is 1. The minimum Gasteiger partial charge on any atom is -0.481 e. The first-order valence-electron chi connectivity index (χ1n) is 6.59. The van der Waals surface area contributed by atoms with Gasteiger partial charge in [0.25, 0.3) is 5.91 Å². The summed E-state index contributed by atoms with van der Waals surface area (Å²) in [5, 5.41) is 12.5. The van der Waals surface area contributed by atoms with Crippen LogP contribution in [0.1, 0.15) is 43.0 Å². The molecule has 1 aromatic heterocycles. The first-order valence-corrected chi connectivity index (χ1v) is 6.97. The number of carbonyl (C=O) groups excluding carboxylic acids is 1. The summed E-state index contributed by atoms with van der Waals surface area (Å²) >= 11 is 5.75. The van der Waals surface area contributed by atoms with E-state index >= 15 is 0 Å². The van der Waals surface area contributed by atoms with Crippen molar-refractivity contribution < 1.29 is 14.7 Å². The van der Waals surface area contributed by atoms with Gasteiger partial charge in [-0.3, -0.25) is 9.59 Å². The number of hydrogen-bond donors (Lipinski definition) is 2. The average molecular weight is 297 g/mol. The maximum Gasteiger partial charge on any atom is 0.311 e. The summed E-state index contributed by atoms with van der Waals surface area (Å²) in [7, 11) is 0. The summed E-state index contributed by atoms with van der Waals surface area (Å²) in [5.41, 5.74) is -0.520. The van der Waals surface area contributed by atoms with Crippen LogP contribution < -0.4 is 5.32 Å². The molecule has 0 aromatic carbocycles. The maximum absolute atomic E-state index is 12.2. The number of rotatable bonds is 3. The largest absolute Gasteiger partial charge is 0.481 e. The Morgan fingerprint density at radius 2 is 2.25 bits per heavy atom. The van der Waals surface area contributed by atoms with Gasteiger partial charge in [0, 0.05) is 17.8 Å². The molecule has 2 rings (SSSR count). The van der Waals surface area contributed by atoms with Gasteiger partial charge in [-0.15, -0.1) is 0 Å². The fourth-order valence-electron chi connectivity index (χ4n) is 2.61. The predicted octanol–water partition coefficient (Wildman–Crippen LogP) is 2.50. The predicted molar refractivity (Wildman–Crippen MR) is 74.7 cm³/mol. The fourth-order valence-corrected chi connectivity index (χ4v) is 2.78. The van der Waals surface area contributed by atoms with Crippen LogP contribution in [-0.2, 0) is 4.79 Å². The smallest absolute Gasteiger partial charge is 0.311 e. The second-order valence-corrected chi connectivity index (χ2v) is 5.75. The number of nitrogens with zero attached hydrogens (tertiary/aromatic N) is 1. The van der Waals surface area contributed by atoms with E-state index in [4.69, 9.17) is 11.6 Å². The molecule has 0 spiro atoms. The van der Waals surface area contributed by atoms with Crippen molar-refractivity contribution in [2.24, 2.45) is 5.41 Å². The van der Waals surface area contributed by atoms with E-state index in [1.807, 2.05) is 0 Å². The molecule has 0 bridgehead atoms. The highest BCUT2D eigenvalue weighted by Crippen LogP contribution is 2.36. The average Bonchev–Trinajstić information content (AvgIpc) is 2.41. The lowest BCUT2D eigenvalue weighted by Crippen LogP contribution is -2.52. The Morgan fingerprint density at radius 1 is 1.50 bits per heavy atom. The SMILES string of the molecule is CC1(C(=O)O)CCCCC1NC(=O)c1ccnc(Cl)c1. The second kappa shape index (κ2) is 5.79. The number of halogens is 1. The molecule has 0 radical (unpaired) electrons. The van der Waals surface area contributed by atoms with Gasteiger partial charge in [0.1, 0.15) is 5.15 Å². The lowest BCUT2D eigenvalue weighted by Gasteiger charge is -2.38. The van der Waals surface area contributed by atoms with Crippen molar-refractivity contribution in [3.8, 4) is 0 Å². The van der Waals surface area contributed by atoms with Gasteiger partial charge in [-0.05, 0) is 31.9 Å². The van der Waals surface area contributed by atoms with Gasteiger partial charge in [0.2, 0.25) is 0 Å². The Bertz CT molecular complexity index is 535. The Balaban J connectivity index is 2.15. The summed E-state index contributed by atoms with van der Waals surface area (Å²) < 4.78 is 0. The summed E-state index contributed by atoms with van der Waals surface area (Å²) in [5.74, 6) is -1.18. The highest BCUT2D eigenvalue weighted by atomic mass is 35.5. The van der Waals surface area contributed by atoms with Crippen molar-refractivity contribution in [3.05, 3.63) is 29.0 Å². The van der Waals surface area contributed by atoms with Gasteiger partial charge in [-0.2, -0.15) is 0 Å². The van der Waals surface area contributed by atoms with E-state index in [-0.39, 0.29) is 17.1 Å². The molecule has 1 amide bonds. The number of aromatic nitrogens is 1. The van der Waals surface area contributed by atoms with Gasteiger partial charge < -0.3 is 10.4 Å². The molecule has 1 saturated carbocycles. The number of carboxylic acids is 1. The van der Waals surface area contributed by atoms with Crippen LogP contribution in [0.5, 0.6) is 0 Å². The number of hydrogen-bond acceptors (Lipinski definition) is 3. The number of pyridine rings is 1. The lowest BCUT2D eigenvalue weighted by molar-refractivity contribution is -0.151. The molecule has 1 aromatic rings. The van der Waals surface area contributed by atoms with Crippen LogP contribution in [0.4, 0.5) is 0 Å². The fraction of sp³-hybridized carbons (Fsp3) is 0.500. The summed E-state index contributed by atoms with van der Waals surface area (Å²) in [4.78, 5) is 27.5. The highest BCUT2D eigenvalue weighted by molar-refractivity contribution is 6.29. The van der Waals surface area contributed by atoms with E-state index in [9.17, 15) is 14.7 Å². The number of amides is 1. The van der Waals surface area contributed by atoms with Crippen LogP contribution in [0.15, 0.2) is 18.3 Å². The van der Waals surface area contributed by atoms with Crippen LogP contribution in [0.2, 0.25) is 5.15 Å². The molecule has 2 N–H and O–H groups in total. The number of carboxylic acid groups (broad SMARTS) is 1. The standard InChI is InChI=1S/C14H17ClN2O3/c1-14(13(19)20)6-3-2-4-10(14)17-12(18)9-5-7-16-11(15)8-9/h5,7-8,10H,2-4,6H2,1H3,(H,17,18)(H,19,20). The number of carbonyl (C=O) groups is 2. The van der Waals surface area contributed by atoms with E-state index < -0.39 is 11.4 Å². The molecule has 6 heteroatoms.